The normalized spacial score (nSPS) is 21.7. The SMILES string of the molecule is O=C(Nc1cccc(N2CCOC2=O)c1)N1CCCC(O)C1. The minimum absolute atomic E-state index is 0.236. The van der Waals surface area contributed by atoms with Gasteiger partial charge in [0.25, 0.3) is 0 Å². The van der Waals surface area contributed by atoms with Crippen LogP contribution in [0.3, 0.4) is 0 Å². The van der Waals surface area contributed by atoms with Crippen LogP contribution < -0.4 is 10.2 Å². The Labute approximate surface area is 128 Å². The molecule has 1 aromatic rings. The van der Waals surface area contributed by atoms with Crippen molar-refractivity contribution in [3.8, 4) is 0 Å². The number of benzene rings is 1. The van der Waals surface area contributed by atoms with E-state index >= 15 is 0 Å². The maximum absolute atomic E-state index is 12.2. The monoisotopic (exact) mass is 305 g/mol. The van der Waals surface area contributed by atoms with Crippen molar-refractivity contribution in [3.63, 3.8) is 0 Å². The summed E-state index contributed by atoms with van der Waals surface area (Å²) >= 11 is 0. The number of anilines is 2. The zero-order valence-corrected chi connectivity index (χ0v) is 12.2. The Balaban J connectivity index is 1.67. The second-order valence-corrected chi connectivity index (χ2v) is 5.49. The van der Waals surface area contributed by atoms with Gasteiger partial charge in [-0.3, -0.25) is 4.90 Å². The van der Waals surface area contributed by atoms with Crippen molar-refractivity contribution in [3.05, 3.63) is 24.3 Å². The van der Waals surface area contributed by atoms with Crippen molar-refractivity contribution in [1.82, 2.24) is 4.90 Å². The first-order valence-electron chi connectivity index (χ1n) is 7.42. The highest BCUT2D eigenvalue weighted by molar-refractivity contribution is 5.93. The third kappa shape index (κ3) is 3.14. The minimum atomic E-state index is -0.454. The van der Waals surface area contributed by atoms with Gasteiger partial charge in [0.2, 0.25) is 0 Å². The summed E-state index contributed by atoms with van der Waals surface area (Å²) in [6, 6.07) is 6.85. The molecule has 7 nitrogen and oxygen atoms in total. The number of piperidine rings is 1. The van der Waals surface area contributed by atoms with E-state index in [1.165, 1.54) is 4.90 Å². The summed E-state index contributed by atoms with van der Waals surface area (Å²) in [4.78, 5) is 26.9. The second kappa shape index (κ2) is 6.23. The van der Waals surface area contributed by atoms with E-state index in [0.29, 0.717) is 37.6 Å². The first-order valence-corrected chi connectivity index (χ1v) is 7.42. The summed E-state index contributed by atoms with van der Waals surface area (Å²) in [6.45, 7) is 1.88. The maximum Gasteiger partial charge on any atom is 0.414 e. The van der Waals surface area contributed by atoms with Crippen LogP contribution in [0, 0.1) is 0 Å². The molecule has 7 heteroatoms. The van der Waals surface area contributed by atoms with Gasteiger partial charge in [-0.2, -0.15) is 0 Å². The van der Waals surface area contributed by atoms with E-state index in [4.69, 9.17) is 4.74 Å². The Hall–Kier alpha value is -2.28. The van der Waals surface area contributed by atoms with Crippen LogP contribution in [-0.2, 0) is 4.74 Å². The van der Waals surface area contributed by atoms with Gasteiger partial charge < -0.3 is 20.1 Å². The molecule has 22 heavy (non-hydrogen) atoms. The van der Waals surface area contributed by atoms with Gasteiger partial charge in [0.1, 0.15) is 6.61 Å². The third-order valence-electron chi connectivity index (χ3n) is 3.85. The molecule has 0 saturated carbocycles. The number of urea groups is 1. The molecule has 1 atom stereocenters. The number of carbonyl (C=O) groups is 2. The summed E-state index contributed by atoms with van der Waals surface area (Å²) in [6.07, 6.45) is 0.706. The van der Waals surface area contributed by atoms with E-state index < -0.39 is 6.10 Å². The van der Waals surface area contributed by atoms with Gasteiger partial charge >= 0.3 is 12.1 Å². The molecule has 2 N–H and O–H groups in total. The Kier molecular flexibility index (Phi) is 4.15. The molecule has 2 aliphatic heterocycles. The summed E-state index contributed by atoms with van der Waals surface area (Å²) in [5, 5.41) is 12.4. The number of aliphatic hydroxyl groups excluding tert-OH is 1. The minimum Gasteiger partial charge on any atom is -0.447 e. The average molecular weight is 305 g/mol. The Morgan fingerprint density at radius 1 is 1.36 bits per heavy atom. The van der Waals surface area contributed by atoms with Crippen LogP contribution in [0.25, 0.3) is 0 Å². The highest BCUT2D eigenvalue weighted by atomic mass is 16.6. The van der Waals surface area contributed by atoms with E-state index in [1.807, 2.05) is 0 Å². The lowest BCUT2D eigenvalue weighted by Crippen LogP contribution is -2.44. The number of carbonyl (C=O) groups excluding carboxylic acids is 2. The molecule has 0 bridgehead atoms. The highest BCUT2D eigenvalue weighted by Gasteiger charge is 2.25. The number of β-amino-alcohol motifs (C(OH)–C–C–N with tert-alkyl or cyclic N) is 1. The number of cyclic esters (lactones) is 1. The number of hydrogen-bond acceptors (Lipinski definition) is 4. The smallest absolute Gasteiger partial charge is 0.414 e. The first-order chi connectivity index (χ1) is 10.6. The van der Waals surface area contributed by atoms with Crippen molar-refractivity contribution in [2.45, 2.75) is 18.9 Å². The Bertz CT molecular complexity index is 578. The van der Waals surface area contributed by atoms with E-state index in [1.54, 1.807) is 29.2 Å². The number of aliphatic hydroxyl groups is 1. The average Bonchev–Trinajstić information content (AvgIpc) is 2.94. The summed E-state index contributed by atoms with van der Waals surface area (Å²) in [5.74, 6) is 0. The standard InChI is InChI=1S/C15H19N3O4/c19-13-5-2-6-17(10-13)14(20)16-11-3-1-4-12(9-11)18-7-8-22-15(18)21/h1,3-4,9,13,19H,2,5-8,10H2,(H,16,20). The quantitative estimate of drug-likeness (QED) is 0.870. The van der Waals surface area contributed by atoms with Crippen molar-refractivity contribution in [2.75, 3.05) is 36.5 Å². The van der Waals surface area contributed by atoms with E-state index in [0.717, 1.165) is 12.8 Å². The molecular weight excluding hydrogens is 286 g/mol. The predicted molar refractivity (Wildman–Crippen MR) is 81.0 cm³/mol. The molecular formula is C15H19N3O4. The lowest BCUT2D eigenvalue weighted by Gasteiger charge is -2.30. The summed E-state index contributed by atoms with van der Waals surface area (Å²) in [5.41, 5.74) is 1.31. The number of ether oxygens (including phenoxy) is 1. The van der Waals surface area contributed by atoms with Gasteiger partial charge in [0, 0.05) is 24.5 Å². The highest BCUT2D eigenvalue weighted by Crippen LogP contribution is 2.23. The van der Waals surface area contributed by atoms with Gasteiger partial charge in [-0.15, -0.1) is 0 Å². The summed E-state index contributed by atoms with van der Waals surface area (Å²) < 4.78 is 4.91. The number of likely N-dealkylation sites (tertiary alicyclic amines) is 1. The van der Waals surface area contributed by atoms with Crippen molar-refractivity contribution in [1.29, 1.82) is 0 Å². The number of rotatable bonds is 2. The van der Waals surface area contributed by atoms with Crippen LogP contribution in [0.4, 0.5) is 21.0 Å². The second-order valence-electron chi connectivity index (χ2n) is 5.49. The van der Waals surface area contributed by atoms with Gasteiger partial charge in [0.05, 0.1) is 12.6 Å². The molecule has 0 radical (unpaired) electrons. The van der Waals surface area contributed by atoms with E-state index in [2.05, 4.69) is 5.32 Å². The zero-order valence-electron chi connectivity index (χ0n) is 12.2. The zero-order chi connectivity index (χ0) is 15.5. The number of nitrogens with one attached hydrogen (secondary N) is 1. The van der Waals surface area contributed by atoms with Crippen molar-refractivity contribution < 1.29 is 19.4 Å². The van der Waals surface area contributed by atoms with E-state index in [9.17, 15) is 14.7 Å². The fourth-order valence-electron chi connectivity index (χ4n) is 2.72. The van der Waals surface area contributed by atoms with Crippen LogP contribution in [0.2, 0.25) is 0 Å². The van der Waals surface area contributed by atoms with Crippen LogP contribution >= 0.6 is 0 Å². The third-order valence-corrected chi connectivity index (χ3v) is 3.85. The molecule has 3 amide bonds. The van der Waals surface area contributed by atoms with Crippen molar-refractivity contribution in [2.24, 2.45) is 0 Å². The first kappa shape index (κ1) is 14.6. The largest absolute Gasteiger partial charge is 0.447 e. The molecule has 1 aromatic carbocycles. The molecule has 2 fully saturated rings. The summed E-state index contributed by atoms with van der Waals surface area (Å²) in [7, 11) is 0. The van der Waals surface area contributed by atoms with E-state index in [-0.39, 0.29) is 12.1 Å². The number of hydrogen-bond donors (Lipinski definition) is 2. The lowest BCUT2D eigenvalue weighted by molar-refractivity contribution is 0.0883. The number of nitrogens with zero attached hydrogens (tertiary/aromatic N) is 2. The van der Waals surface area contributed by atoms with Crippen LogP contribution in [0.5, 0.6) is 0 Å². The fourth-order valence-corrected chi connectivity index (χ4v) is 2.72. The molecule has 3 rings (SSSR count). The predicted octanol–water partition coefficient (Wildman–Crippen LogP) is 1.63. The molecule has 2 saturated heterocycles. The van der Waals surface area contributed by atoms with Gasteiger partial charge in [-0.25, -0.2) is 9.59 Å². The molecule has 0 aliphatic carbocycles. The molecule has 0 aromatic heterocycles. The molecule has 2 aliphatic rings. The Morgan fingerprint density at radius 2 is 2.23 bits per heavy atom. The van der Waals surface area contributed by atoms with Gasteiger partial charge in [-0.1, -0.05) is 6.07 Å². The van der Waals surface area contributed by atoms with Gasteiger partial charge in [0.15, 0.2) is 0 Å². The molecule has 0 spiro atoms. The molecule has 2 heterocycles. The van der Waals surface area contributed by atoms with Crippen molar-refractivity contribution >= 4 is 23.5 Å². The Morgan fingerprint density at radius 3 is 2.95 bits per heavy atom. The topological polar surface area (TPSA) is 82.1 Å². The number of amides is 3. The van der Waals surface area contributed by atoms with Crippen LogP contribution in [-0.4, -0.2) is 54.5 Å². The lowest BCUT2D eigenvalue weighted by atomic mass is 10.1. The fraction of sp³-hybridized carbons (Fsp3) is 0.467. The van der Waals surface area contributed by atoms with Gasteiger partial charge in [-0.05, 0) is 31.0 Å². The molecule has 118 valence electrons. The molecule has 1 unspecified atom stereocenters. The maximum atomic E-state index is 12.2. The van der Waals surface area contributed by atoms with Crippen LogP contribution in [0.1, 0.15) is 12.8 Å². The van der Waals surface area contributed by atoms with Crippen LogP contribution in [0.15, 0.2) is 24.3 Å².